The van der Waals surface area contributed by atoms with Crippen LogP contribution in [0.4, 0.5) is 5.69 Å². The molecule has 1 aromatic carbocycles. The van der Waals surface area contributed by atoms with E-state index in [1.807, 2.05) is 19.1 Å². The van der Waals surface area contributed by atoms with Gasteiger partial charge in [0.2, 0.25) is 0 Å². The van der Waals surface area contributed by atoms with Gasteiger partial charge in [0.15, 0.2) is 0 Å². The predicted molar refractivity (Wildman–Crippen MR) is 78.7 cm³/mol. The molecule has 0 bridgehead atoms. The first-order valence-electron chi connectivity index (χ1n) is 6.43. The van der Waals surface area contributed by atoms with E-state index in [0.29, 0.717) is 17.0 Å². The van der Waals surface area contributed by atoms with Crippen LogP contribution in [-0.4, -0.2) is 27.6 Å². The Morgan fingerprint density at radius 3 is 2.90 bits per heavy atom. The van der Waals surface area contributed by atoms with Crippen molar-refractivity contribution in [3.63, 3.8) is 0 Å². The largest absolute Gasteiger partial charge is 0.495 e. The molecule has 0 spiro atoms. The molecule has 1 amide bonds. The first-order chi connectivity index (χ1) is 10.2. The summed E-state index contributed by atoms with van der Waals surface area (Å²) in [6.45, 7) is 1.87. The van der Waals surface area contributed by atoms with E-state index in [4.69, 9.17) is 4.74 Å². The lowest BCUT2D eigenvalue weighted by Crippen LogP contribution is -2.12. The Balaban J connectivity index is 1.96. The molecule has 0 atom stereocenters. The summed E-state index contributed by atoms with van der Waals surface area (Å²) in [4.78, 5) is 16.4. The van der Waals surface area contributed by atoms with Crippen molar-refractivity contribution in [1.82, 2.24) is 14.6 Å². The van der Waals surface area contributed by atoms with E-state index in [2.05, 4.69) is 15.4 Å². The zero-order valence-corrected chi connectivity index (χ0v) is 11.7. The van der Waals surface area contributed by atoms with E-state index in [1.165, 1.54) is 6.33 Å². The summed E-state index contributed by atoms with van der Waals surface area (Å²) in [5.41, 5.74) is 2.83. The fraction of sp³-hybridized carbons (Fsp3) is 0.133. The summed E-state index contributed by atoms with van der Waals surface area (Å²) in [7, 11) is 1.57. The molecular weight excluding hydrogens is 268 g/mol. The Bertz CT molecular complexity index is 810. The summed E-state index contributed by atoms with van der Waals surface area (Å²) in [6.07, 6.45) is 4.81. The molecule has 0 saturated carbocycles. The van der Waals surface area contributed by atoms with Gasteiger partial charge in [0.25, 0.3) is 5.91 Å². The molecule has 0 aliphatic heterocycles. The average molecular weight is 282 g/mol. The Morgan fingerprint density at radius 2 is 2.14 bits per heavy atom. The van der Waals surface area contributed by atoms with Gasteiger partial charge in [0.05, 0.1) is 30.1 Å². The van der Waals surface area contributed by atoms with Crippen molar-refractivity contribution in [1.29, 1.82) is 0 Å². The van der Waals surface area contributed by atoms with Crippen LogP contribution in [-0.2, 0) is 0 Å². The number of nitrogens with one attached hydrogen (secondary N) is 1. The monoisotopic (exact) mass is 282 g/mol. The van der Waals surface area contributed by atoms with Gasteiger partial charge in [-0.25, -0.2) is 9.50 Å². The molecule has 6 nitrogen and oxygen atoms in total. The van der Waals surface area contributed by atoms with Crippen LogP contribution >= 0.6 is 0 Å². The molecule has 21 heavy (non-hydrogen) atoms. The lowest BCUT2D eigenvalue weighted by molar-refractivity contribution is 0.102. The molecule has 6 heteroatoms. The summed E-state index contributed by atoms with van der Waals surface area (Å²) in [5, 5.41) is 6.94. The number of ether oxygens (including phenoxy) is 1. The van der Waals surface area contributed by atoms with Crippen molar-refractivity contribution in [3.8, 4) is 5.75 Å². The minimum atomic E-state index is -0.206. The first kappa shape index (κ1) is 13.1. The van der Waals surface area contributed by atoms with Crippen molar-refractivity contribution in [2.24, 2.45) is 0 Å². The van der Waals surface area contributed by atoms with Crippen LogP contribution in [0.3, 0.4) is 0 Å². The molecule has 0 saturated heterocycles. The van der Waals surface area contributed by atoms with Gasteiger partial charge < -0.3 is 10.1 Å². The molecule has 3 aromatic rings. The summed E-state index contributed by atoms with van der Waals surface area (Å²) < 4.78 is 6.87. The molecular formula is C15H14N4O2. The third-order valence-electron chi connectivity index (χ3n) is 3.33. The van der Waals surface area contributed by atoms with Crippen LogP contribution in [0.15, 0.2) is 43.0 Å². The first-order valence-corrected chi connectivity index (χ1v) is 6.43. The number of hydrogen-bond acceptors (Lipinski definition) is 4. The van der Waals surface area contributed by atoms with Crippen molar-refractivity contribution in [2.45, 2.75) is 6.92 Å². The van der Waals surface area contributed by atoms with E-state index in [9.17, 15) is 4.79 Å². The van der Waals surface area contributed by atoms with Gasteiger partial charge in [-0.3, -0.25) is 4.79 Å². The predicted octanol–water partition coefficient (Wildman–Crippen LogP) is 2.30. The fourth-order valence-electron chi connectivity index (χ4n) is 2.21. The number of hydrogen-bond donors (Lipinski definition) is 1. The highest BCUT2D eigenvalue weighted by Gasteiger charge is 2.16. The summed E-state index contributed by atoms with van der Waals surface area (Å²) in [5.74, 6) is 0.412. The zero-order chi connectivity index (χ0) is 14.8. The molecule has 3 rings (SSSR count). The van der Waals surface area contributed by atoms with Crippen molar-refractivity contribution in [3.05, 3.63) is 54.1 Å². The number of aromatic nitrogens is 3. The van der Waals surface area contributed by atoms with E-state index >= 15 is 0 Å². The van der Waals surface area contributed by atoms with Crippen molar-refractivity contribution < 1.29 is 9.53 Å². The van der Waals surface area contributed by atoms with Crippen LogP contribution in [0, 0.1) is 6.92 Å². The van der Waals surface area contributed by atoms with Gasteiger partial charge >= 0.3 is 0 Å². The highest BCUT2D eigenvalue weighted by atomic mass is 16.5. The Hall–Kier alpha value is -2.89. The van der Waals surface area contributed by atoms with Crippen LogP contribution in [0.5, 0.6) is 5.75 Å². The number of carbonyl (C=O) groups excluding carboxylic acids is 1. The van der Waals surface area contributed by atoms with E-state index in [1.54, 1.807) is 36.2 Å². The maximum atomic E-state index is 12.4. The number of carbonyl (C=O) groups is 1. The molecule has 2 aromatic heterocycles. The molecule has 0 unspecified atom stereocenters. The van der Waals surface area contributed by atoms with Crippen LogP contribution < -0.4 is 10.1 Å². The fourth-order valence-corrected chi connectivity index (χ4v) is 2.21. The number of rotatable bonds is 3. The highest BCUT2D eigenvalue weighted by Crippen LogP contribution is 2.24. The van der Waals surface area contributed by atoms with E-state index in [-0.39, 0.29) is 5.91 Å². The number of benzene rings is 1. The molecule has 0 aliphatic carbocycles. The molecule has 2 heterocycles. The Morgan fingerprint density at radius 1 is 1.33 bits per heavy atom. The highest BCUT2D eigenvalue weighted by molar-refractivity contribution is 6.07. The second-order valence-corrected chi connectivity index (χ2v) is 4.56. The number of aryl methyl sites for hydroxylation is 1. The number of fused-ring (bicyclic) bond motifs is 1. The number of nitrogens with zero attached hydrogens (tertiary/aromatic N) is 3. The number of amides is 1. The van der Waals surface area contributed by atoms with Gasteiger partial charge in [-0.15, -0.1) is 0 Å². The van der Waals surface area contributed by atoms with E-state index < -0.39 is 0 Å². The lowest BCUT2D eigenvalue weighted by atomic mass is 10.2. The molecule has 0 fully saturated rings. The number of anilines is 1. The van der Waals surface area contributed by atoms with Gasteiger partial charge in [0, 0.05) is 6.20 Å². The van der Waals surface area contributed by atoms with Crippen LogP contribution in [0.2, 0.25) is 0 Å². The van der Waals surface area contributed by atoms with Gasteiger partial charge in [-0.05, 0) is 24.6 Å². The minimum Gasteiger partial charge on any atom is -0.495 e. The maximum Gasteiger partial charge on any atom is 0.257 e. The number of para-hydroxylation sites is 2. The molecule has 106 valence electrons. The Kier molecular flexibility index (Phi) is 3.27. The van der Waals surface area contributed by atoms with Gasteiger partial charge in [-0.2, -0.15) is 5.10 Å². The molecule has 0 aliphatic rings. The maximum absolute atomic E-state index is 12.4. The quantitative estimate of drug-likeness (QED) is 0.800. The standard InChI is InChI=1S/C15H14N4O2/c1-10-11(8-19-13(10)7-16-9-17-19)15(20)18-12-5-3-4-6-14(12)21-2/h3-9H,1-2H3,(H,18,20). The molecule has 0 radical (unpaired) electrons. The van der Waals surface area contributed by atoms with Crippen LogP contribution in [0.25, 0.3) is 5.52 Å². The lowest BCUT2D eigenvalue weighted by Gasteiger charge is -2.09. The second kappa shape index (κ2) is 5.24. The van der Waals surface area contributed by atoms with Crippen molar-refractivity contribution in [2.75, 3.05) is 12.4 Å². The van der Waals surface area contributed by atoms with Gasteiger partial charge in [0.1, 0.15) is 12.1 Å². The zero-order valence-electron chi connectivity index (χ0n) is 11.7. The van der Waals surface area contributed by atoms with Gasteiger partial charge in [-0.1, -0.05) is 12.1 Å². The average Bonchev–Trinajstić information content (AvgIpc) is 2.85. The number of methoxy groups -OCH3 is 1. The summed E-state index contributed by atoms with van der Waals surface area (Å²) in [6, 6.07) is 7.28. The molecule has 1 N–H and O–H groups in total. The minimum absolute atomic E-state index is 0.206. The summed E-state index contributed by atoms with van der Waals surface area (Å²) >= 11 is 0. The second-order valence-electron chi connectivity index (χ2n) is 4.56. The van der Waals surface area contributed by atoms with E-state index in [0.717, 1.165) is 11.1 Å². The third-order valence-corrected chi connectivity index (χ3v) is 3.33. The topological polar surface area (TPSA) is 68.5 Å². The normalized spacial score (nSPS) is 10.6. The third kappa shape index (κ3) is 2.31. The van der Waals surface area contributed by atoms with Crippen LogP contribution in [0.1, 0.15) is 15.9 Å². The smallest absolute Gasteiger partial charge is 0.257 e. The SMILES string of the molecule is COc1ccccc1NC(=O)c1cn2ncncc2c1C. The Labute approximate surface area is 121 Å². The van der Waals surface area contributed by atoms with Crippen molar-refractivity contribution >= 4 is 17.1 Å².